The standard InChI is InChI=1S/C16H24N4S/c1-4-11-9-12-13(18-10-16(3)7-6-8-16)19-15(17-5-2)20-14(12)21-11/h9H,4-8,10H2,1-3H3,(H2,17,18,19,20). The number of aromatic nitrogens is 2. The van der Waals surface area contributed by atoms with Crippen LogP contribution in [0.4, 0.5) is 11.8 Å². The summed E-state index contributed by atoms with van der Waals surface area (Å²) in [7, 11) is 0. The van der Waals surface area contributed by atoms with Crippen molar-refractivity contribution in [1.82, 2.24) is 9.97 Å². The van der Waals surface area contributed by atoms with Gasteiger partial charge < -0.3 is 10.6 Å². The number of hydrogen-bond acceptors (Lipinski definition) is 5. The molecule has 1 aliphatic carbocycles. The Morgan fingerprint density at radius 2 is 2.05 bits per heavy atom. The van der Waals surface area contributed by atoms with E-state index >= 15 is 0 Å². The van der Waals surface area contributed by atoms with Crippen molar-refractivity contribution in [2.24, 2.45) is 5.41 Å². The average molecular weight is 304 g/mol. The molecule has 1 aliphatic rings. The van der Waals surface area contributed by atoms with Crippen LogP contribution in [-0.4, -0.2) is 23.1 Å². The molecule has 3 rings (SSSR count). The van der Waals surface area contributed by atoms with Gasteiger partial charge in [0.15, 0.2) is 0 Å². The second-order valence-electron chi connectivity index (χ2n) is 6.23. The summed E-state index contributed by atoms with van der Waals surface area (Å²) >= 11 is 1.77. The molecule has 2 N–H and O–H groups in total. The van der Waals surface area contributed by atoms with Gasteiger partial charge in [-0.3, -0.25) is 0 Å². The van der Waals surface area contributed by atoms with Crippen molar-refractivity contribution in [3.05, 3.63) is 10.9 Å². The minimum absolute atomic E-state index is 0.444. The van der Waals surface area contributed by atoms with Crippen molar-refractivity contribution in [2.75, 3.05) is 23.7 Å². The summed E-state index contributed by atoms with van der Waals surface area (Å²) in [5.41, 5.74) is 0.444. The van der Waals surface area contributed by atoms with Crippen LogP contribution in [0.15, 0.2) is 6.07 Å². The van der Waals surface area contributed by atoms with Gasteiger partial charge in [-0.25, -0.2) is 4.98 Å². The van der Waals surface area contributed by atoms with Crippen LogP contribution in [0.3, 0.4) is 0 Å². The van der Waals surface area contributed by atoms with Gasteiger partial charge in [0, 0.05) is 18.0 Å². The van der Waals surface area contributed by atoms with Gasteiger partial charge in [-0.2, -0.15) is 4.98 Å². The van der Waals surface area contributed by atoms with E-state index in [2.05, 4.69) is 47.4 Å². The molecule has 1 saturated carbocycles. The predicted molar refractivity (Wildman–Crippen MR) is 91.4 cm³/mol. The number of fused-ring (bicyclic) bond motifs is 1. The number of nitrogens with zero attached hydrogens (tertiary/aromatic N) is 2. The summed E-state index contributed by atoms with van der Waals surface area (Å²) in [6, 6.07) is 2.24. The van der Waals surface area contributed by atoms with Crippen molar-refractivity contribution in [1.29, 1.82) is 0 Å². The topological polar surface area (TPSA) is 49.8 Å². The first-order chi connectivity index (χ1) is 10.1. The zero-order valence-electron chi connectivity index (χ0n) is 13.1. The molecule has 0 aromatic carbocycles. The summed E-state index contributed by atoms with van der Waals surface area (Å²) in [6.07, 6.45) is 5.05. The van der Waals surface area contributed by atoms with E-state index in [9.17, 15) is 0 Å². The van der Waals surface area contributed by atoms with Crippen molar-refractivity contribution in [3.63, 3.8) is 0 Å². The maximum absolute atomic E-state index is 4.67. The van der Waals surface area contributed by atoms with Crippen molar-refractivity contribution >= 4 is 33.3 Å². The van der Waals surface area contributed by atoms with E-state index < -0.39 is 0 Å². The fourth-order valence-electron chi connectivity index (χ4n) is 2.77. The van der Waals surface area contributed by atoms with E-state index in [4.69, 9.17) is 0 Å². The summed E-state index contributed by atoms with van der Waals surface area (Å²) < 4.78 is 0. The zero-order chi connectivity index (χ0) is 14.9. The van der Waals surface area contributed by atoms with Gasteiger partial charge in [0.1, 0.15) is 10.6 Å². The Labute approximate surface area is 130 Å². The molecule has 0 saturated heterocycles. The molecule has 1 fully saturated rings. The Hall–Kier alpha value is -1.36. The lowest BCUT2D eigenvalue weighted by atomic mass is 9.70. The van der Waals surface area contributed by atoms with Gasteiger partial charge >= 0.3 is 0 Å². The fourth-order valence-corrected chi connectivity index (χ4v) is 3.74. The molecule has 4 nitrogen and oxygen atoms in total. The lowest BCUT2D eigenvalue weighted by Gasteiger charge is -2.38. The van der Waals surface area contributed by atoms with Gasteiger partial charge in [0.05, 0.1) is 5.39 Å². The van der Waals surface area contributed by atoms with E-state index in [1.807, 2.05) is 0 Å². The third kappa shape index (κ3) is 2.98. The highest BCUT2D eigenvalue weighted by Gasteiger charge is 2.31. The van der Waals surface area contributed by atoms with Crippen LogP contribution < -0.4 is 10.6 Å². The van der Waals surface area contributed by atoms with Gasteiger partial charge in [-0.15, -0.1) is 11.3 Å². The minimum atomic E-state index is 0.444. The molecule has 0 aliphatic heterocycles. The zero-order valence-corrected chi connectivity index (χ0v) is 13.9. The van der Waals surface area contributed by atoms with Crippen LogP contribution in [0.25, 0.3) is 10.2 Å². The van der Waals surface area contributed by atoms with E-state index in [0.717, 1.165) is 36.1 Å². The predicted octanol–water partition coefficient (Wildman–Crippen LogP) is 4.29. The maximum atomic E-state index is 4.67. The highest BCUT2D eigenvalue weighted by molar-refractivity contribution is 7.18. The molecule has 0 bridgehead atoms. The molecule has 114 valence electrons. The molecule has 2 heterocycles. The minimum Gasteiger partial charge on any atom is -0.369 e. The first kappa shape index (κ1) is 14.6. The summed E-state index contributed by atoms with van der Waals surface area (Å²) in [6.45, 7) is 8.46. The molecule has 2 aromatic heterocycles. The normalized spacial score (nSPS) is 16.7. The number of thiophene rings is 1. The van der Waals surface area contributed by atoms with E-state index in [0.29, 0.717) is 5.41 Å². The number of hydrogen-bond donors (Lipinski definition) is 2. The maximum Gasteiger partial charge on any atom is 0.226 e. The third-order valence-corrected chi connectivity index (χ3v) is 5.54. The number of nitrogens with one attached hydrogen (secondary N) is 2. The second-order valence-corrected chi connectivity index (χ2v) is 7.34. The van der Waals surface area contributed by atoms with Crippen LogP contribution in [0.5, 0.6) is 0 Å². The van der Waals surface area contributed by atoms with Crippen LogP contribution in [-0.2, 0) is 6.42 Å². The highest BCUT2D eigenvalue weighted by Crippen LogP contribution is 2.40. The Morgan fingerprint density at radius 1 is 1.24 bits per heavy atom. The molecule has 0 unspecified atom stereocenters. The SMILES string of the molecule is CCNc1nc(NCC2(C)CCC2)c2cc(CC)sc2n1. The molecular weight excluding hydrogens is 280 g/mol. The molecular formula is C16H24N4S. The molecule has 21 heavy (non-hydrogen) atoms. The van der Waals surface area contributed by atoms with Crippen molar-refractivity contribution in [3.8, 4) is 0 Å². The van der Waals surface area contributed by atoms with Crippen LogP contribution in [0, 0.1) is 5.41 Å². The van der Waals surface area contributed by atoms with E-state index in [1.54, 1.807) is 11.3 Å². The molecule has 0 spiro atoms. The van der Waals surface area contributed by atoms with E-state index in [1.165, 1.54) is 29.5 Å². The molecule has 0 atom stereocenters. The summed E-state index contributed by atoms with van der Waals surface area (Å²) in [4.78, 5) is 11.8. The first-order valence-corrected chi connectivity index (χ1v) is 8.73. The van der Waals surface area contributed by atoms with Gasteiger partial charge in [0.25, 0.3) is 0 Å². The Bertz CT molecular complexity index is 630. The quantitative estimate of drug-likeness (QED) is 0.836. The molecule has 0 amide bonds. The Balaban J connectivity index is 1.91. The molecule has 0 radical (unpaired) electrons. The first-order valence-electron chi connectivity index (χ1n) is 7.92. The number of anilines is 2. The lowest BCUT2D eigenvalue weighted by molar-refractivity contribution is 0.180. The lowest BCUT2D eigenvalue weighted by Crippen LogP contribution is -2.33. The Morgan fingerprint density at radius 3 is 2.67 bits per heavy atom. The Kier molecular flexibility index (Phi) is 4.02. The number of aryl methyl sites for hydroxylation is 1. The smallest absolute Gasteiger partial charge is 0.226 e. The van der Waals surface area contributed by atoms with E-state index in [-0.39, 0.29) is 0 Å². The molecule has 2 aromatic rings. The average Bonchev–Trinajstić information content (AvgIpc) is 2.86. The van der Waals surface area contributed by atoms with Crippen molar-refractivity contribution in [2.45, 2.75) is 46.5 Å². The molecule has 5 heteroatoms. The van der Waals surface area contributed by atoms with Crippen LogP contribution in [0.1, 0.15) is 44.9 Å². The van der Waals surface area contributed by atoms with Crippen molar-refractivity contribution < 1.29 is 0 Å². The summed E-state index contributed by atoms with van der Waals surface area (Å²) in [5.74, 6) is 1.72. The van der Waals surface area contributed by atoms with Crippen LogP contribution in [0.2, 0.25) is 0 Å². The van der Waals surface area contributed by atoms with Crippen LogP contribution >= 0.6 is 11.3 Å². The fraction of sp³-hybridized carbons (Fsp3) is 0.625. The summed E-state index contributed by atoms with van der Waals surface area (Å²) in [5, 5.41) is 7.99. The van der Waals surface area contributed by atoms with Gasteiger partial charge in [-0.05, 0) is 37.7 Å². The van der Waals surface area contributed by atoms with Gasteiger partial charge in [0.2, 0.25) is 5.95 Å². The third-order valence-electron chi connectivity index (χ3n) is 4.37. The highest BCUT2D eigenvalue weighted by atomic mass is 32.1. The number of rotatable bonds is 6. The largest absolute Gasteiger partial charge is 0.369 e. The van der Waals surface area contributed by atoms with Gasteiger partial charge in [-0.1, -0.05) is 20.3 Å². The second kappa shape index (κ2) is 5.79. The monoisotopic (exact) mass is 304 g/mol.